The third kappa shape index (κ3) is 3.90. The highest BCUT2D eigenvalue weighted by molar-refractivity contribution is 7.98. The quantitative estimate of drug-likeness (QED) is 0.359. The van der Waals surface area contributed by atoms with E-state index in [4.69, 9.17) is 0 Å². The third-order valence-corrected chi connectivity index (χ3v) is 5.08. The molecule has 24 heavy (non-hydrogen) atoms. The van der Waals surface area contributed by atoms with Gasteiger partial charge in [0.05, 0.1) is 25.5 Å². The van der Waals surface area contributed by atoms with Gasteiger partial charge in [0.25, 0.3) is 5.56 Å². The van der Waals surface area contributed by atoms with Gasteiger partial charge in [-0.3, -0.25) is 4.79 Å². The Morgan fingerprint density at radius 2 is 2.17 bits per heavy atom. The van der Waals surface area contributed by atoms with Gasteiger partial charge in [-0.15, -0.1) is 11.3 Å². The lowest BCUT2D eigenvalue weighted by Crippen LogP contribution is -2.28. The van der Waals surface area contributed by atoms with Gasteiger partial charge in [-0.05, 0) is 11.4 Å². The van der Waals surface area contributed by atoms with E-state index < -0.39 is 6.04 Å². The topological polar surface area (TPSA) is 124 Å². The Morgan fingerprint density at radius 3 is 2.88 bits per heavy atom. The molecule has 4 N–H and O–H groups in total. The molecule has 8 nitrogen and oxygen atoms in total. The Labute approximate surface area is 145 Å². The van der Waals surface area contributed by atoms with Crippen LogP contribution >= 0.6 is 23.1 Å². The van der Waals surface area contributed by atoms with E-state index >= 15 is 0 Å². The van der Waals surface area contributed by atoms with Crippen molar-refractivity contribution in [2.24, 2.45) is 0 Å². The van der Waals surface area contributed by atoms with Crippen molar-refractivity contribution in [2.75, 3.05) is 18.5 Å². The number of aliphatic hydroxyl groups is 2. The molecule has 0 fully saturated rings. The molecule has 0 aliphatic rings. The van der Waals surface area contributed by atoms with Gasteiger partial charge < -0.3 is 20.5 Å². The van der Waals surface area contributed by atoms with Crippen LogP contribution in [0.4, 0.5) is 5.82 Å². The maximum absolute atomic E-state index is 11.5. The number of aromatic nitrogens is 4. The molecule has 0 saturated carbocycles. The van der Waals surface area contributed by atoms with Crippen molar-refractivity contribution < 1.29 is 10.2 Å². The normalized spacial score (nSPS) is 11.3. The molecule has 0 spiro atoms. The van der Waals surface area contributed by atoms with Gasteiger partial charge in [0.1, 0.15) is 5.52 Å². The minimum atomic E-state index is -0.577. The fourth-order valence-corrected chi connectivity index (χ4v) is 3.57. The predicted molar refractivity (Wildman–Crippen MR) is 93.4 cm³/mol. The SMILES string of the molecule is O=c1cnc2c(NC(CO)CO)nc(SCc3cccs3)nc2[nH]1. The molecule has 0 aliphatic heterocycles. The fourth-order valence-electron chi connectivity index (χ4n) is 1.95. The number of H-pyrrole nitrogens is 1. The number of rotatable bonds is 7. The zero-order chi connectivity index (χ0) is 16.9. The van der Waals surface area contributed by atoms with Crippen LogP contribution in [0, 0.1) is 0 Å². The molecule has 3 rings (SSSR count). The molecule has 0 aromatic carbocycles. The Balaban J connectivity index is 1.95. The van der Waals surface area contributed by atoms with Crippen molar-refractivity contribution >= 4 is 40.1 Å². The molecular weight excluding hydrogens is 350 g/mol. The zero-order valence-electron chi connectivity index (χ0n) is 12.5. The van der Waals surface area contributed by atoms with E-state index in [1.165, 1.54) is 16.6 Å². The zero-order valence-corrected chi connectivity index (χ0v) is 14.1. The number of thioether (sulfide) groups is 1. The van der Waals surface area contributed by atoms with Gasteiger partial charge in [-0.2, -0.15) is 0 Å². The van der Waals surface area contributed by atoms with Crippen LogP contribution in [0.3, 0.4) is 0 Å². The Bertz CT molecular complexity index is 864. The van der Waals surface area contributed by atoms with E-state index in [2.05, 4.69) is 25.3 Å². The molecule has 0 amide bonds. The first-order valence-electron chi connectivity index (χ1n) is 7.10. The molecule has 0 atom stereocenters. The number of nitrogens with one attached hydrogen (secondary N) is 2. The fraction of sp³-hybridized carbons (Fsp3) is 0.286. The second kappa shape index (κ2) is 7.71. The molecule has 126 valence electrons. The summed E-state index contributed by atoms with van der Waals surface area (Å²) < 4.78 is 0. The van der Waals surface area contributed by atoms with Crippen LogP contribution in [0.5, 0.6) is 0 Å². The summed E-state index contributed by atoms with van der Waals surface area (Å²) in [6.07, 6.45) is 1.14. The number of fused-ring (bicyclic) bond motifs is 1. The largest absolute Gasteiger partial charge is 0.394 e. The number of aliphatic hydroxyl groups excluding tert-OH is 2. The van der Waals surface area contributed by atoms with E-state index in [-0.39, 0.29) is 18.8 Å². The van der Waals surface area contributed by atoms with Crippen LogP contribution in [-0.4, -0.2) is 49.4 Å². The first-order valence-corrected chi connectivity index (χ1v) is 8.96. The molecule has 3 aromatic rings. The molecule has 0 unspecified atom stereocenters. The van der Waals surface area contributed by atoms with Gasteiger partial charge in [0, 0.05) is 10.6 Å². The van der Waals surface area contributed by atoms with Gasteiger partial charge >= 0.3 is 0 Å². The first-order chi connectivity index (χ1) is 11.7. The molecular formula is C14H15N5O3S2. The number of hydrogen-bond donors (Lipinski definition) is 4. The van der Waals surface area contributed by atoms with Crippen molar-refractivity contribution in [3.05, 3.63) is 38.9 Å². The summed E-state index contributed by atoms with van der Waals surface area (Å²) in [5.41, 5.74) is 0.326. The summed E-state index contributed by atoms with van der Waals surface area (Å²) in [6, 6.07) is 3.42. The van der Waals surface area contributed by atoms with Gasteiger partial charge in [0.15, 0.2) is 16.6 Å². The third-order valence-electron chi connectivity index (χ3n) is 3.12. The van der Waals surface area contributed by atoms with E-state index in [1.807, 2.05) is 17.5 Å². The van der Waals surface area contributed by atoms with Crippen LogP contribution in [0.15, 0.2) is 33.7 Å². The van der Waals surface area contributed by atoms with E-state index in [1.54, 1.807) is 11.3 Å². The number of thiophene rings is 1. The van der Waals surface area contributed by atoms with Crippen LogP contribution in [-0.2, 0) is 5.75 Å². The van der Waals surface area contributed by atoms with E-state index in [0.29, 0.717) is 27.9 Å². The van der Waals surface area contributed by atoms with Crippen molar-refractivity contribution in [3.8, 4) is 0 Å². The molecule has 0 saturated heterocycles. The lowest BCUT2D eigenvalue weighted by atomic mass is 10.3. The molecule has 0 aliphatic carbocycles. The minimum Gasteiger partial charge on any atom is -0.394 e. The van der Waals surface area contributed by atoms with Gasteiger partial charge in [0.2, 0.25) is 0 Å². The molecule has 0 radical (unpaired) electrons. The second-order valence-electron chi connectivity index (χ2n) is 4.87. The monoisotopic (exact) mass is 365 g/mol. The van der Waals surface area contributed by atoms with Gasteiger partial charge in [-0.1, -0.05) is 17.8 Å². The summed E-state index contributed by atoms with van der Waals surface area (Å²) in [4.78, 5) is 28.1. The summed E-state index contributed by atoms with van der Waals surface area (Å²) >= 11 is 3.07. The van der Waals surface area contributed by atoms with Crippen LogP contribution in [0.1, 0.15) is 4.88 Å². The highest BCUT2D eigenvalue weighted by atomic mass is 32.2. The Kier molecular flexibility index (Phi) is 5.41. The van der Waals surface area contributed by atoms with Crippen molar-refractivity contribution in [3.63, 3.8) is 0 Å². The number of nitrogens with zero attached hydrogens (tertiary/aromatic N) is 3. The smallest absolute Gasteiger partial charge is 0.268 e. The van der Waals surface area contributed by atoms with Crippen LogP contribution in [0.25, 0.3) is 11.2 Å². The van der Waals surface area contributed by atoms with Crippen molar-refractivity contribution in [1.29, 1.82) is 0 Å². The Morgan fingerprint density at radius 1 is 1.33 bits per heavy atom. The van der Waals surface area contributed by atoms with Crippen molar-refractivity contribution in [2.45, 2.75) is 17.0 Å². The maximum atomic E-state index is 11.5. The molecule has 10 heteroatoms. The maximum Gasteiger partial charge on any atom is 0.268 e. The number of aromatic amines is 1. The summed E-state index contributed by atoms with van der Waals surface area (Å²) in [6.45, 7) is -0.522. The highest BCUT2D eigenvalue weighted by Gasteiger charge is 2.14. The predicted octanol–water partition coefficient (Wildman–Crippen LogP) is 0.832. The summed E-state index contributed by atoms with van der Waals surface area (Å²) in [5.74, 6) is 1.06. The van der Waals surface area contributed by atoms with E-state index in [0.717, 1.165) is 6.20 Å². The molecule has 0 bridgehead atoms. The molecule has 3 aromatic heterocycles. The number of hydrogen-bond acceptors (Lipinski definition) is 9. The van der Waals surface area contributed by atoms with Crippen LogP contribution in [0.2, 0.25) is 0 Å². The Hall–Kier alpha value is -2.01. The van der Waals surface area contributed by atoms with Crippen LogP contribution < -0.4 is 10.9 Å². The standard InChI is InChI=1S/C14H15N5O3S2/c20-5-8(6-21)16-12-11-13(17-10(22)4-15-11)19-14(18-12)24-7-9-2-1-3-23-9/h1-4,8,20-21H,5-7H2,(H2,16,17,18,19,22). The highest BCUT2D eigenvalue weighted by Crippen LogP contribution is 2.25. The first kappa shape index (κ1) is 16.8. The average molecular weight is 365 g/mol. The molecule has 3 heterocycles. The van der Waals surface area contributed by atoms with E-state index in [9.17, 15) is 15.0 Å². The van der Waals surface area contributed by atoms with Crippen molar-refractivity contribution in [1.82, 2.24) is 19.9 Å². The lowest BCUT2D eigenvalue weighted by Gasteiger charge is -2.15. The second-order valence-corrected chi connectivity index (χ2v) is 6.85. The average Bonchev–Trinajstić information content (AvgIpc) is 3.10. The summed E-state index contributed by atoms with van der Waals surface area (Å²) in [5, 5.41) is 23.9. The lowest BCUT2D eigenvalue weighted by molar-refractivity contribution is 0.203. The number of anilines is 1. The summed E-state index contributed by atoms with van der Waals surface area (Å²) in [7, 11) is 0. The van der Waals surface area contributed by atoms with Gasteiger partial charge in [-0.25, -0.2) is 15.0 Å². The minimum absolute atomic E-state index is 0.261.